The van der Waals surface area contributed by atoms with E-state index in [9.17, 15) is 9.59 Å². The first kappa shape index (κ1) is 17.0. The molecule has 0 spiro atoms. The number of nitrogens with one attached hydrogen (secondary N) is 1. The molecule has 5 heteroatoms. The molecule has 2 aromatic rings. The summed E-state index contributed by atoms with van der Waals surface area (Å²) in [6, 6.07) is 13.5. The summed E-state index contributed by atoms with van der Waals surface area (Å²) in [5, 5.41) is 2.96. The molecule has 0 aromatic heterocycles. The van der Waals surface area contributed by atoms with E-state index in [1.807, 2.05) is 63.2 Å². The Balaban J connectivity index is 1.65. The van der Waals surface area contributed by atoms with Crippen molar-refractivity contribution in [1.82, 2.24) is 4.90 Å². The van der Waals surface area contributed by atoms with Gasteiger partial charge < -0.3 is 10.2 Å². The van der Waals surface area contributed by atoms with Crippen LogP contribution in [0.4, 0.5) is 16.2 Å². The van der Waals surface area contributed by atoms with Crippen LogP contribution in [0.15, 0.2) is 42.5 Å². The fourth-order valence-corrected chi connectivity index (χ4v) is 3.31. The monoisotopic (exact) mass is 337 g/mol. The highest BCUT2D eigenvalue weighted by Crippen LogP contribution is 2.23. The minimum absolute atomic E-state index is 0.0644. The topological polar surface area (TPSA) is 52.7 Å². The van der Waals surface area contributed by atoms with Gasteiger partial charge in [0.15, 0.2) is 0 Å². The second-order valence-electron chi connectivity index (χ2n) is 6.51. The molecule has 3 rings (SSSR count). The highest BCUT2D eigenvalue weighted by molar-refractivity contribution is 5.99. The van der Waals surface area contributed by atoms with Gasteiger partial charge in [-0.25, -0.2) is 4.79 Å². The molecule has 0 unspecified atom stereocenters. The van der Waals surface area contributed by atoms with Gasteiger partial charge in [0.05, 0.1) is 0 Å². The second-order valence-corrected chi connectivity index (χ2v) is 6.51. The molecule has 1 aliphatic heterocycles. The van der Waals surface area contributed by atoms with Gasteiger partial charge in [-0.05, 0) is 44.0 Å². The number of carbonyl (C=O) groups excluding carboxylic acids is 2. The predicted molar refractivity (Wildman–Crippen MR) is 100 cm³/mol. The fraction of sp³-hybridized carbons (Fsp3) is 0.300. The van der Waals surface area contributed by atoms with E-state index >= 15 is 0 Å². The number of urea groups is 1. The second kappa shape index (κ2) is 6.97. The molecule has 3 amide bonds. The average molecular weight is 337 g/mol. The molecular formula is C20H23N3O2. The van der Waals surface area contributed by atoms with Gasteiger partial charge >= 0.3 is 6.03 Å². The molecule has 2 aromatic carbocycles. The predicted octanol–water partition coefficient (Wildman–Crippen LogP) is 3.49. The van der Waals surface area contributed by atoms with E-state index in [4.69, 9.17) is 0 Å². The van der Waals surface area contributed by atoms with Crippen LogP contribution in [0.5, 0.6) is 0 Å². The first-order chi connectivity index (χ1) is 12.0. The maximum atomic E-state index is 12.5. The Labute approximate surface area is 148 Å². The number of amides is 3. The number of rotatable bonds is 4. The summed E-state index contributed by atoms with van der Waals surface area (Å²) < 4.78 is 0. The smallest absolute Gasteiger partial charge is 0.324 e. The first-order valence-electron chi connectivity index (χ1n) is 8.45. The molecule has 25 heavy (non-hydrogen) atoms. The number of carbonyl (C=O) groups is 2. The third kappa shape index (κ3) is 3.65. The van der Waals surface area contributed by atoms with Gasteiger partial charge in [-0.3, -0.25) is 9.69 Å². The normalized spacial score (nSPS) is 14.1. The molecule has 1 heterocycles. The zero-order valence-electron chi connectivity index (χ0n) is 14.9. The quantitative estimate of drug-likeness (QED) is 0.928. The highest BCUT2D eigenvalue weighted by Gasteiger charge is 2.30. The Kier molecular flexibility index (Phi) is 4.74. The average Bonchev–Trinajstić information content (AvgIpc) is 2.92. The lowest BCUT2D eigenvalue weighted by Crippen LogP contribution is -2.37. The van der Waals surface area contributed by atoms with Crippen LogP contribution >= 0.6 is 0 Å². The minimum atomic E-state index is -0.168. The summed E-state index contributed by atoms with van der Waals surface area (Å²) in [6.45, 7) is 7.20. The zero-order valence-corrected chi connectivity index (χ0v) is 14.9. The van der Waals surface area contributed by atoms with Crippen molar-refractivity contribution in [3.8, 4) is 0 Å². The summed E-state index contributed by atoms with van der Waals surface area (Å²) in [4.78, 5) is 28.3. The Hall–Kier alpha value is -2.82. The summed E-state index contributed by atoms with van der Waals surface area (Å²) in [5.41, 5.74) is 4.93. The first-order valence-corrected chi connectivity index (χ1v) is 8.45. The third-order valence-electron chi connectivity index (χ3n) is 4.44. The van der Waals surface area contributed by atoms with Crippen molar-refractivity contribution in [3.63, 3.8) is 0 Å². The molecule has 1 saturated heterocycles. The van der Waals surface area contributed by atoms with Gasteiger partial charge in [-0.2, -0.15) is 0 Å². The van der Waals surface area contributed by atoms with Crippen LogP contribution in [0.2, 0.25) is 0 Å². The lowest BCUT2D eigenvalue weighted by molar-refractivity contribution is -0.116. The standard InChI is InChI=1S/C20H23N3O2/c1-14-11-15(2)19(16(3)12-14)21-18(24)13-22-9-10-23(20(22)25)17-7-5-4-6-8-17/h4-8,11-12H,9-10,13H2,1-3H3,(H,21,24). The van der Waals surface area contributed by atoms with Crippen molar-refractivity contribution >= 4 is 23.3 Å². The maximum absolute atomic E-state index is 12.5. The van der Waals surface area contributed by atoms with Crippen molar-refractivity contribution in [2.75, 3.05) is 29.9 Å². The SMILES string of the molecule is Cc1cc(C)c(NC(=O)CN2CCN(c3ccccc3)C2=O)c(C)c1. The Morgan fingerprint density at radius 2 is 1.68 bits per heavy atom. The molecule has 5 nitrogen and oxygen atoms in total. The van der Waals surface area contributed by atoms with E-state index in [-0.39, 0.29) is 18.5 Å². The Morgan fingerprint density at radius 1 is 1.04 bits per heavy atom. The van der Waals surface area contributed by atoms with Crippen LogP contribution in [0.3, 0.4) is 0 Å². The molecule has 130 valence electrons. The molecular weight excluding hydrogens is 314 g/mol. The number of anilines is 2. The van der Waals surface area contributed by atoms with Crippen LogP contribution in [-0.4, -0.2) is 36.5 Å². The molecule has 0 atom stereocenters. The van der Waals surface area contributed by atoms with Crippen molar-refractivity contribution in [2.24, 2.45) is 0 Å². The van der Waals surface area contributed by atoms with Crippen molar-refractivity contribution in [3.05, 3.63) is 59.2 Å². The number of hydrogen-bond donors (Lipinski definition) is 1. The lowest BCUT2D eigenvalue weighted by Gasteiger charge is -2.19. The van der Waals surface area contributed by atoms with Gasteiger partial charge in [-0.1, -0.05) is 35.9 Å². The Bertz CT molecular complexity index is 779. The zero-order chi connectivity index (χ0) is 18.0. The lowest BCUT2D eigenvalue weighted by atomic mass is 10.1. The van der Waals surface area contributed by atoms with Crippen LogP contribution < -0.4 is 10.2 Å². The largest absolute Gasteiger partial charge is 0.325 e. The fourth-order valence-electron chi connectivity index (χ4n) is 3.31. The van der Waals surface area contributed by atoms with E-state index in [2.05, 4.69) is 5.32 Å². The number of nitrogens with zero attached hydrogens (tertiary/aromatic N) is 2. The minimum Gasteiger partial charge on any atom is -0.324 e. The van der Waals surface area contributed by atoms with Gasteiger partial charge in [-0.15, -0.1) is 0 Å². The molecule has 0 aliphatic carbocycles. The van der Waals surface area contributed by atoms with Crippen molar-refractivity contribution < 1.29 is 9.59 Å². The van der Waals surface area contributed by atoms with Crippen LogP contribution in [0.25, 0.3) is 0 Å². The van der Waals surface area contributed by atoms with Crippen LogP contribution in [-0.2, 0) is 4.79 Å². The number of aryl methyl sites for hydroxylation is 3. The molecule has 1 aliphatic rings. The van der Waals surface area contributed by atoms with Gasteiger partial charge in [0, 0.05) is 24.5 Å². The van der Waals surface area contributed by atoms with Gasteiger partial charge in [0.25, 0.3) is 0 Å². The highest BCUT2D eigenvalue weighted by atomic mass is 16.2. The number of para-hydroxylation sites is 1. The van der Waals surface area contributed by atoms with E-state index in [0.717, 1.165) is 22.5 Å². The number of hydrogen-bond acceptors (Lipinski definition) is 2. The maximum Gasteiger partial charge on any atom is 0.325 e. The molecule has 0 radical (unpaired) electrons. The van der Waals surface area contributed by atoms with E-state index in [1.54, 1.807) is 9.80 Å². The molecule has 1 N–H and O–H groups in total. The molecule has 0 saturated carbocycles. The van der Waals surface area contributed by atoms with Gasteiger partial charge in [0.1, 0.15) is 6.54 Å². The van der Waals surface area contributed by atoms with Crippen LogP contribution in [0, 0.1) is 20.8 Å². The third-order valence-corrected chi connectivity index (χ3v) is 4.44. The summed E-state index contributed by atoms with van der Waals surface area (Å²) in [6.07, 6.45) is 0. The molecule has 0 bridgehead atoms. The summed E-state index contributed by atoms with van der Waals surface area (Å²) >= 11 is 0. The van der Waals surface area contributed by atoms with Gasteiger partial charge in [0.2, 0.25) is 5.91 Å². The Morgan fingerprint density at radius 3 is 2.32 bits per heavy atom. The van der Waals surface area contributed by atoms with E-state index in [1.165, 1.54) is 5.56 Å². The van der Waals surface area contributed by atoms with E-state index < -0.39 is 0 Å². The van der Waals surface area contributed by atoms with Crippen molar-refractivity contribution in [1.29, 1.82) is 0 Å². The van der Waals surface area contributed by atoms with Crippen molar-refractivity contribution in [2.45, 2.75) is 20.8 Å². The summed E-state index contributed by atoms with van der Waals surface area (Å²) in [5.74, 6) is -0.168. The molecule has 1 fully saturated rings. The van der Waals surface area contributed by atoms with Crippen LogP contribution in [0.1, 0.15) is 16.7 Å². The summed E-state index contributed by atoms with van der Waals surface area (Å²) in [7, 11) is 0. The van der Waals surface area contributed by atoms with E-state index in [0.29, 0.717) is 13.1 Å². The number of benzene rings is 2.